The maximum absolute atomic E-state index is 6.02. The number of rotatable bonds is 11. The van der Waals surface area contributed by atoms with Gasteiger partial charge in [0.15, 0.2) is 5.58 Å². The van der Waals surface area contributed by atoms with Gasteiger partial charge in [-0.15, -0.1) is 62.2 Å². The maximum atomic E-state index is 6.02. The van der Waals surface area contributed by atoms with Crippen LogP contribution in [0.25, 0.3) is 76.8 Å². The van der Waals surface area contributed by atoms with Crippen molar-refractivity contribution >= 4 is 163 Å². The van der Waals surface area contributed by atoms with Gasteiger partial charge in [-0.25, -0.2) is 24.9 Å². The topological polar surface area (TPSA) is 136 Å². The summed E-state index contributed by atoms with van der Waals surface area (Å²) >= 11 is 0. The molecule has 11 aromatic carbocycles. The third kappa shape index (κ3) is 18.2. The molecular formula is C106H82Ir5N16O2-10. The van der Waals surface area contributed by atoms with E-state index >= 15 is 0 Å². The summed E-state index contributed by atoms with van der Waals surface area (Å²) in [7, 11) is 0. The Hall–Kier alpha value is -12.3. The van der Waals surface area contributed by atoms with Gasteiger partial charge in [-0.1, -0.05) is 132 Å². The number of aromatic nitrogens is 6. The fraction of sp³-hybridized carbons (Fsp3) is 0.0849. The molecule has 0 saturated carbocycles. The van der Waals surface area contributed by atoms with Crippen molar-refractivity contribution in [3.05, 3.63) is 404 Å². The third-order valence-corrected chi connectivity index (χ3v) is 22.1. The Labute approximate surface area is 818 Å². The van der Waals surface area contributed by atoms with Gasteiger partial charge < -0.3 is 57.8 Å². The van der Waals surface area contributed by atoms with Crippen LogP contribution in [0.3, 0.4) is 0 Å². The number of hydrogen-bond acceptors (Lipinski definition) is 18. The van der Waals surface area contributed by atoms with Crippen LogP contribution >= 0.6 is 0 Å². The summed E-state index contributed by atoms with van der Waals surface area (Å²) in [5.41, 5.74) is 18.9. The zero-order valence-electron chi connectivity index (χ0n) is 70.6. The molecule has 5 aliphatic heterocycles. The van der Waals surface area contributed by atoms with Crippen LogP contribution in [0.2, 0.25) is 0 Å². The Morgan fingerprint density at radius 3 is 1.28 bits per heavy atom. The molecule has 653 valence electrons. The van der Waals surface area contributed by atoms with Gasteiger partial charge in [-0.05, 0) is 138 Å². The molecule has 5 aliphatic rings. The molecule has 23 heteroatoms. The predicted molar refractivity (Wildman–Crippen MR) is 503 cm³/mol. The molecule has 24 rings (SSSR count). The molecule has 0 amide bonds. The van der Waals surface area contributed by atoms with Gasteiger partial charge in [0.1, 0.15) is 45.8 Å². The van der Waals surface area contributed by atoms with Crippen LogP contribution in [0.1, 0.15) is 41.5 Å². The molecule has 13 heterocycles. The second-order valence-corrected chi connectivity index (χ2v) is 31.0. The number of hydrogen-bond donors (Lipinski definition) is 0. The van der Waals surface area contributed by atoms with Crippen molar-refractivity contribution in [1.29, 1.82) is 0 Å². The smallest absolute Gasteiger partial charge is 0.156 e. The predicted octanol–water partition coefficient (Wildman–Crippen LogP) is 25.8. The average Bonchev–Trinajstić information content (AvgIpc) is 1.60. The van der Waals surface area contributed by atoms with Crippen molar-refractivity contribution in [3.8, 4) is 11.3 Å². The zero-order chi connectivity index (χ0) is 83.7. The van der Waals surface area contributed by atoms with Gasteiger partial charge in [0.05, 0.1) is 22.8 Å². The van der Waals surface area contributed by atoms with E-state index in [-0.39, 0.29) is 101 Å². The number of para-hydroxylation sites is 8. The van der Waals surface area contributed by atoms with Crippen LogP contribution in [0.4, 0.5) is 97.3 Å². The molecule has 0 spiro atoms. The second-order valence-electron chi connectivity index (χ2n) is 31.0. The minimum Gasteiger partial charge on any atom is -0.498 e. The summed E-state index contributed by atoms with van der Waals surface area (Å²) in [5.74, 6) is 4.59. The maximum Gasteiger partial charge on any atom is 0.156 e. The Morgan fingerprint density at radius 1 is 0.295 bits per heavy atom. The van der Waals surface area contributed by atoms with Crippen molar-refractivity contribution < 1.29 is 109 Å². The standard InChI is InChI=1S/C22H15N3.C21H14N4.2C21H17N3O.C21H19N3.5Ir/c1-3-10-18(11-4-1)24-16-25(19-12-5-2-6-13-19)22-21(24)20-14-8-7-9-17(20)15-23-22;1-3-7-17(8-4-1)24-15-25(18-9-5-2-6-10-18)21-20(24)19-14-22-12-11-16(19)13-23-21;1-14(2)23-13-24(21-18(23)7-5-11-22-21)15-9-10-17-16-6-3-4-8-19(16)25-20(17)12-15;1-14(2)23-13-24(15-8-4-3-5-9-15)21-17(23)12-19-20(22-21)16-10-6-7-11-18(16)25-19;1-16(2)23-15-24(18-11-7-4-8-12-18)21-20(23)14-13-19(22-21)17-9-5-3-6-10-17;;;;;/h1-12,14-16H;1-9,11-15H;2*3-8,10-14H,1-2H3;3-11,13-16H,1-2H3;;;;;/q5*-2;;;;;. The summed E-state index contributed by atoms with van der Waals surface area (Å²) in [4.78, 5) is 49.8. The molecule has 0 aliphatic carbocycles. The average molecular weight is 2570 g/mol. The van der Waals surface area contributed by atoms with Crippen molar-refractivity contribution in [2.75, 3.05) is 49.0 Å². The van der Waals surface area contributed by atoms with E-state index in [1.807, 2.05) is 225 Å². The van der Waals surface area contributed by atoms with E-state index in [0.29, 0.717) is 18.1 Å². The number of nitrogens with zero attached hydrogens (tertiary/aromatic N) is 16. The SMILES string of the molecule is CC(C)N1[CH-]N(c2[c-]cc3c(c2)oc2ccccc23)c2ncccc21.CC(C)N1[CH-]N(c2[c-]cccc2)c2nc(-c3ccccc3)ccc21.CC(C)N1[CH-]N(c2[c-]cccc2)c2nc3c(cc21)oc1ccccc13.[Ir].[Ir].[Ir].[Ir].[Ir].[c-]1ccccc1N1[CH-]N(c2ccccc2)c2c1ncc1ccccc21.[c-]1ccccc1N1[CH-]N(c2ccccc2)c2c1ncc1ccncc21. The Morgan fingerprint density at radius 2 is 0.736 bits per heavy atom. The van der Waals surface area contributed by atoms with Gasteiger partial charge in [-0.3, -0.25) is 4.98 Å². The molecule has 8 aromatic heterocycles. The van der Waals surface area contributed by atoms with Crippen LogP contribution in [0.5, 0.6) is 0 Å². The van der Waals surface area contributed by atoms with E-state index in [0.717, 1.165) is 169 Å². The van der Waals surface area contributed by atoms with E-state index in [4.69, 9.17) is 28.8 Å². The van der Waals surface area contributed by atoms with Gasteiger partial charge >= 0.3 is 0 Å². The normalized spacial score (nSPS) is 13.1. The summed E-state index contributed by atoms with van der Waals surface area (Å²) < 4.78 is 12.0. The van der Waals surface area contributed by atoms with Crippen molar-refractivity contribution in [2.24, 2.45) is 0 Å². The van der Waals surface area contributed by atoms with E-state index in [9.17, 15) is 0 Å². The fourth-order valence-electron chi connectivity index (χ4n) is 16.1. The van der Waals surface area contributed by atoms with Crippen LogP contribution in [0, 0.1) is 63.7 Å². The van der Waals surface area contributed by atoms with Gasteiger partial charge in [0.25, 0.3) is 0 Å². The van der Waals surface area contributed by atoms with Crippen LogP contribution in [-0.4, -0.2) is 48.0 Å². The van der Waals surface area contributed by atoms with E-state index < -0.39 is 0 Å². The molecular weight excluding hydrogens is 2490 g/mol. The summed E-state index contributed by atoms with van der Waals surface area (Å²) in [5, 5.41) is 7.71. The molecule has 0 N–H and O–H groups in total. The van der Waals surface area contributed by atoms with Crippen molar-refractivity contribution in [3.63, 3.8) is 0 Å². The molecule has 0 fully saturated rings. The summed E-state index contributed by atoms with van der Waals surface area (Å²) in [6, 6.07) is 121. The summed E-state index contributed by atoms with van der Waals surface area (Å²) in [6.45, 7) is 23.5. The number of fused-ring (bicyclic) bond motifs is 15. The number of benzene rings is 11. The largest absolute Gasteiger partial charge is 0.498 e. The Bertz CT molecular complexity index is 6850. The van der Waals surface area contributed by atoms with E-state index in [2.05, 4.69) is 273 Å². The minimum absolute atomic E-state index is 0. The first-order chi connectivity index (χ1) is 61.0. The Kier molecular flexibility index (Phi) is 28.8. The van der Waals surface area contributed by atoms with Gasteiger partial charge in [-0.2, -0.15) is 133 Å². The summed E-state index contributed by atoms with van der Waals surface area (Å²) in [6.07, 6.45) is 9.35. The quantitative estimate of drug-likeness (QED) is 0.113. The van der Waals surface area contributed by atoms with Gasteiger partial charge in [0, 0.05) is 198 Å². The molecule has 0 atom stereocenters. The number of pyridine rings is 6. The molecule has 0 bridgehead atoms. The van der Waals surface area contributed by atoms with Crippen molar-refractivity contribution in [2.45, 2.75) is 59.7 Å². The van der Waals surface area contributed by atoms with Crippen LogP contribution in [-0.2, 0) is 101 Å². The molecule has 18 nitrogen and oxygen atoms in total. The first-order valence-corrected chi connectivity index (χ1v) is 41.4. The molecule has 5 radical (unpaired) electrons. The van der Waals surface area contributed by atoms with Crippen molar-refractivity contribution in [1.82, 2.24) is 29.9 Å². The van der Waals surface area contributed by atoms with Crippen LogP contribution < -0.4 is 49.0 Å². The van der Waals surface area contributed by atoms with E-state index in [1.54, 1.807) is 6.20 Å². The molecule has 0 unspecified atom stereocenters. The minimum atomic E-state index is 0. The number of anilines is 17. The molecule has 19 aromatic rings. The first kappa shape index (κ1) is 91.4. The third-order valence-electron chi connectivity index (χ3n) is 22.1. The first-order valence-electron chi connectivity index (χ1n) is 41.4. The monoisotopic (exact) mass is 2580 g/mol. The van der Waals surface area contributed by atoms with Gasteiger partial charge in [0.2, 0.25) is 0 Å². The molecule has 129 heavy (non-hydrogen) atoms. The van der Waals surface area contributed by atoms with E-state index in [1.165, 1.54) is 5.39 Å². The number of furan rings is 2. The molecule has 0 saturated heterocycles. The van der Waals surface area contributed by atoms with Crippen LogP contribution in [0.15, 0.2) is 349 Å². The fourth-order valence-corrected chi connectivity index (χ4v) is 16.1. The Balaban J connectivity index is 0.000000123. The second kappa shape index (κ2) is 40.6. The zero-order valence-corrected chi connectivity index (χ0v) is 82.6.